The van der Waals surface area contributed by atoms with Gasteiger partial charge in [-0.05, 0) is 53.0 Å². The quantitative estimate of drug-likeness (QED) is 0.694. The maximum absolute atomic E-state index is 9.30. The van der Waals surface area contributed by atoms with Crippen LogP contribution in [0.5, 0.6) is 0 Å². The van der Waals surface area contributed by atoms with Gasteiger partial charge in [-0.1, -0.05) is 0 Å². The predicted octanol–water partition coefficient (Wildman–Crippen LogP) is 2.01. The van der Waals surface area contributed by atoms with Crippen LogP contribution in [0.1, 0.15) is 40.0 Å². The first-order valence-electron chi connectivity index (χ1n) is 7.32. The molecule has 0 saturated heterocycles. The minimum Gasteiger partial charge on any atom is -0.383 e. The van der Waals surface area contributed by atoms with Crippen molar-refractivity contribution in [3.63, 3.8) is 0 Å². The van der Waals surface area contributed by atoms with Gasteiger partial charge in [-0.2, -0.15) is 5.26 Å². The molecule has 4 heteroatoms. The molecule has 0 aromatic carbocycles. The first kappa shape index (κ1) is 16.4. The Hall–Kier alpha value is -0.630. The highest BCUT2D eigenvalue weighted by atomic mass is 16.5. The standard InChI is InChI=1S/C15H29N3O/c1-12(10-15(3,11-16)17-4)18(8-9-19-5)13(2)14-6-7-14/h12-14,17H,6-10H2,1-5H3. The van der Waals surface area contributed by atoms with E-state index in [1.807, 2.05) is 14.0 Å². The molecule has 0 aromatic rings. The molecule has 0 bridgehead atoms. The largest absolute Gasteiger partial charge is 0.383 e. The van der Waals surface area contributed by atoms with E-state index in [4.69, 9.17) is 4.74 Å². The molecule has 0 aromatic heterocycles. The maximum atomic E-state index is 9.30. The molecule has 0 amide bonds. The summed E-state index contributed by atoms with van der Waals surface area (Å²) in [6, 6.07) is 3.35. The van der Waals surface area contributed by atoms with Crippen LogP contribution < -0.4 is 5.32 Å². The molecular weight excluding hydrogens is 238 g/mol. The molecule has 1 rings (SSSR count). The predicted molar refractivity (Wildman–Crippen MR) is 77.9 cm³/mol. The molecule has 1 fully saturated rings. The van der Waals surface area contributed by atoms with Gasteiger partial charge in [-0.15, -0.1) is 0 Å². The Kier molecular flexibility index (Phi) is 6.25. The third-order valence-corrected chi connectivity index (χ3v) is 4.45. The van der Waals surface area contributed by atoms with Crippen molar-refractivity contribution in [1.29, 1.82) is 5.26 Å². The fraction of sp³-hybridized carbons (Fsp3) is 0.933. The summed E-state index contributed by atoms with van der Waals surface area (Å²) >= 11 is 0. The van der Waals surface area contributed by atoms with E-state index in [1.165, 1.54) is 12.8 Å². The van der Waals surface area contributed by atoms with Gasteiger partial charge in [0.05, 0.1) is 12.7 Å². The van der Waals surface area contributed by atoms with E-state index >= 15 is 0 Å². The van der Waals surface area contributed by atoms with Crippen LogP contribution in [0.2, 0.25) is 0 Å². The Morgan fingerprint density at radius 2 is 2.11 bits per heavy atom. The van der Waals surface area contributed by atoms with E-state index in [9.17, 15) is 5.26 Å². The highest BCUT2D eigenvalue weighted by Gasteiger charge is 2.36. The lowest BCUT2D eigenvalue weighted by Crippen LogP contribution is -2.49. The highest BCUT2D eigenvalue weighted by Crippen LogP contribution is 2.36. The summed E-state index contributed by atoms with van der Waals surface area (Å²) in [6.45, 7) is 8.21. The monoisotopic (exact) mass is 267 g/mol. The molecule has 0 heterocycles. The van der Waals surface area contributed by atoms with Crippen LogP contribution in [0.3, 0.4) is 0 Å². The van der Waals surface area contributed by atoms with Gasteiger partial charge in [0.25, 0.3) is 0 Å². The highest BCUT2D eigenvalue weighted by molar-refractivity contribution is 5.05. The van der Waals surface area contributed by atoms with Gasteiger partial charge in [0.2, 0.25) is 0 Å². The van der Waals surface area contributed by atoms with Crippen LogP contribution in [0, 0.1) is 17.2 Å². The number of nitriles is 1. The third-order valence-electron chi connectivity index (χ3n) is 4.45. The van der Waals surface area contributed by atoms with Crippen LogP contribution in [0.25, 0.3) is 0 Å². The lowest BCUT2D eigenvalue weighted by molar-refractivity contribution is 0.0768. The minimum atomic E-state index is -0.450. The van der Waals surface area contributed by atoms with Crippen molar-refractivity contribution in [2.45, 2.75) is 57.7 Å². The molecule has 1 N–H and O–H groups in total. The number of ether oxygens (including phenoxy) is 1. The second-order valence-electron chi connectivity index (χ2n) is 6.06. The second kappa shape index (κ2) is 7.23. The minimum absolute atomic E-state index is 0.378. The maximum Gasteiger partial charge on any atom is 0.105 e. The zero-order valence-electron chi connectivity index (χ0n) is 13.1. The third kappa shape index (κ3) is 4.76. The SMILES string of the molecule is CNC(C)(C#N)CC(C)N(CCOC)C(C)C1CC1. The number of rotatable bonds is 9. The summed E-state index contributed by atoms with van der Waals surface area (Å²) in [6.07, 6.45) is 3.53. The fourth-order valence-electron chi connectivity index (χ4n) is 2.78. The Balaban J connectivity index is 2.64. The van der Waals surface area contributed by atoms with E-state index in [-0.39, 0.29) is 0 Å². The van der Waals surface area contributed by atoms with E-state index in [1.54, 1.807) is 7.11 Å². The average molecular weight is 267 g/mol. The zero-order chi connectivity index (χ0) is 14.5. The second-order valence-corrected chi connectivity index (χ2v) is 6.06. The number of nitrogens with zero attached hydrogens (tertiary/aromatic N) is 2. The summed E-state index contributed by atoms with van der Waals surface area (Å²) in [5.74, 6) is 0.835. The van der Waals surface area contributed by atoms with Crippen molar-refractivity contribution >= 4 is 0 Å². The number of nitrogens with one attached hydrogen (secondary N) is 1. The number of methoxy groups -OCH3 is 1. The molecule has 110 valence electrons. The van der Waals surface area contributed by atoms with Gasteiger partial charge >= 0.3 is 0 Å². The molecule has 0 radical (unpaired) electrons. The van der Waals surface area contributed by atoms with Crippen molar-refractivity contribution < 1.29 is 4.74 Å². The molecule has 1 aliphatic carbocycles. The fourth-order valence-corrected chi connectivity index (χ4v) is 2.78. The summed E-state index contributed by atoms with van der Waals surface area (Å²) in [5, 5.41) is 12.4. The molecule has 3 atom stereocenters. The van der Waals surface area contributed by atoms with Gasteiger partial charge in [-0.3, -0.25) is 4.90 Å². The van der Waals surface area contributed by atoms with Gasteiger partial charge in [-0.25, -0.2) is 0 Å². The smallest absolute Gasteiger partial charge is 0.105 e. The van der Waals surface area contributed by atoms with Gasteiger partial charge in [0.1, 0.15) is 5.54 Å². The molecule has 1 saturated carbocycles. The van der Waals surface area contributed by atoms with E-state index in [0.717, 1.165) is 25.5 Å². The topological polar surface area (TPSA) is 48.3 Å². The number of hydrogen-bond donors (Lipinski definition) is 1. The van der Waals surface area contributed by atoms with Crippen LogP contribution >= 0.6 is 0 Å². The van der Waals surface area contributed by atoms with Crippen LogP contribution in [-0.2, 0) is 4.74 Å². The van der Waals surface area contributed by atoms with E-state index in [0.29, 0.717) is 12.1 Å². The zero-order valence-corrected chi connectivity index (χ0v) is 13.1. The van der Waals surface area contributed by atoms with Crippen molar-refractivity contribution in [1.82, 2.24) is 10.2 Å². The van der Waals surface area contributed by atoms with Crippen molar-refractivity contribution in [3.8, 4) is 6.07 Å². The summed E-state index contributed by atoms with van der Waals surface area (Å²) in [4.78, 5) is 2.51. The van der Waals surface area contributed by atoms with Crippen molar-refractivity contribution in [2.24, 2.45) is 5.92 Å². The molecule has 1 aliphatic rings. The van der Waals surface area contributed by atoms with Crippen LogP contribution in [-0.4, -0.2) is 49.8 Å². The van der Waals surface area contributed by atoms with Gasteiger partial charge < -0.3 is 10.1 Å². The Bertz CT molecular complexity index is 311. The van der Waals surface area contributed by atoms with Crippen LogP contribution in [0.4, 0.5) is 0 Å². The van der Waals surface area contributed by atoms with E-state index < -0.39 is 5.54 Å². The van der Waals surface area contributed by atoms with Gasteiger partial charge in [0.15, 0.2) is 0 Å². The normalized spacial score (nSPS) is 21.7. The molecule has 19 heavy (non-hydrogen) atoms. The van der Waals surface area contributed by atoms with Gasteiger partial charge in [0, 0.05) is 25.7 Å². The summed E-state index contributed by atoms with van der Waals surface area (Å²) < 4.78 is 5.23. The average Bonchev–Trinajstić information content (AvgIpc) is 3.23. The van der Waals surface area contributed by atoms with Crippen LogP contribution in [0.15, 0.2) is 0 Å². The van der Waals surface area contributed by atoms with E-state index in [2.05, 4.69) is 30.1 Å². The Morgan fingerprint density at radius 3 is 2.53 bits per heavy atom. The Labute approximate surface area is 118 Å². The van der Waals surface area contributed by atoms with Crippen molar-refractivity contribution in [2.75, 3.05) is 27.3 Å². The first-order chi connectivity index (χ1) is 8.97. The lowest BCUT2D eigenvalue weighted by Gasteiger charge is -2.37. The number of hydrogen-bond acceptors (Lipinski definition) is 4. The molecule has 4 nitrogen and oxygen atoms in total. The lowest BCUT2D eigenvalue weighted by atomic mass is 9.93. The van der Waals surface area contributed by atoms with Crippen molar-refractivity contribution in [3.05, 3.63) is 0 Å². The molecule has 3 unspecified atom stereocenters. The summed E-state index contributed by atoms with van der Waals surface area (Å²) in [5.41, 5.74) is -0.450. The summed E-state index contributed by atoms with van der Waals surface area (Å²) in [7, 11) is 3.61. The molecule has 0 aliphatic heterocycles. The molecule has 0 spiro atoms. The first-order valence-corrected chi connectivity index (χ1v) is 7.32. The Morgan fingerprint density at radius 1 is 1.47 bits per heavy atom. The molecular formula is C15H29N3O.